The maximum Gasteiger partial charge on any atom is 0.123 e. The minimum absolute atomic E-state index is 0. The second kappa shape index (κ2) is 7.05. The van der Waals surface area contributed by atoms with Gasteiger partial charge in [0.25, 0.3) is 0 Å². The van der Waals surface area contributed by atoms with Crippen molar-refractivity contribution in [3.8, 4) is 0 Å². The smallest absolute Gasteiger partial charge is 0.123 e. The van der Waals surface area contributed by atoms with Crippen molar-refractivity contribution < 1.29 is 9.13 Å². The molecule has 21 heavy (non-hydrogen) atoms. The van der Waals surface area contributed by atoms with Crippen LogP contribution in [0.25, 0.3) is 0 Å². The quantitative estimate of drug-likeness (QED) is 0.928. The minimum atomic E-state index is -0.185. The Balaban J connectivity index is 0.00000161. The first-order valence-corrected chi connectivity index (χ1v) is 7.45. The second-order valence-electron chi connectivity index (χ2n) is 6.39. The SMILES string of the molecule is CC1(CN2CCOC(c3cccc(F)c3)C2)CCNC1.Cl. The summed E-state index contributed by atoms with van der Waals surface area (Å²) in [6.45, 7) is 8.21. The fourth-order valence-corrected chi connectivity index (χ4v) is 3.30. The molecule has 2 fully saturated rings. The molecule has 2 saturated heterocycles. The van der Waals surface area contributed by atoms with Gasteiger partial charge >= 0.3 is 0 Å². The van der Waals surface area contributed by atoms with Crippen molar-refractivity contribution in [2.45, 2.75) is 19.4 Å². The number of halogens is 2. The van der Waals surface area contributed by atoms with Crippen molar-refractivity contribution in [2.75, 3.05) is 39.3 Å². The fraction of sp³-hybridized carbons (Fsp3) is 0.625. The molecule has 2 unspecified atom stereocenters. The number of benzene rings is 1. The Labute approximate surface area is 132 Å². The summed E-state index contributed by atoms with van der Waals surface area (Å²) in [7, 11) is 0. The lowest BCUT2D eigenvalue weighted by atomic mass is 9.89. The van der Waals surface area contributed by atoms with E-state index in [4.69, 9.17) is 4.74 Å². The van der Waals surface area contributed by atoms with Gasteiger partial charge in [-0.1, -0.05) is 19.1 Å². The molecular formula is C16H24ClFN2O. The van der Waals surface area contributed by atoms with Gasteiger partial charge in [0.1, 0.15) is 5.82 Å². The average Bonchev–Trinajstić information content (AvgIpc) is 2.85. The van der Waals surface area contributed by atoms with E-state index in [0.717, 1.165) is 44.9 Å². The third-order valence-electron chi connectivity index (χ3n) is 4.43. The third kappa shape index (κ3) is 4.16. The van der Waals surface area contributed by atoms with Crippen LogP contribution in [0.2, 0.25) is 0 Å². The maximum atomic E-state index is 13.3. The molecule has 0 spiro atoms. The molecule has 1 aromatic carbocycles. The summed E-state index contributed by atoms with van der Waals surface area (Å²) in [6, 6.07) is 6.79. The summed E-state index contributed by atoms with van der Waals surface area (Å²) in [5.74, 6) is -0.185. The number of morpholine rings is 1. The second-order valence-corrected chi connectivity index (χ2v) is 6.39. The molecule has 0 amide bonds. The fourth-order valence-electron chi connectivity index (χ4n) is 3.30. The van der Waals surface area contributed by atoms with E-state index in [1.807, 2.05) is 6.07 Å². The molecule has 2 heterocycles. The van der Waals surface area contributed by atoms with Gasteiger partial charge in [0, 0.05) is 26.2 Å². The van der Waals surface area contributed by atoms with Crippen molar-refractivity contribution >= 4 is 12.4 Å². The van der Waals surface area contributed by atoms with E-state index in [9.17, 15) is 4.39 Å². The van der Waals surface area contributed by atoms with Crippen molar-refractivity contribution in [1.29, 1.82) is 0 Å². The van der Waals surface area contributed by atoms with Gasteiger partial charge in [0.15, 0.2) is 0 Å². The molecule has 3 rings (SSSR count). The lowest BCUT2D eigenvalue weighted by Gasteiger charge is -2.37. The van der Waals surface area contributed by atoms with Gasteiger partial charge in [-0.25, -0.2) is 4.39 Å². The summed E-state index contributed by atoms with van der Waals surface area (Å²) >= 11 is 0. The van der Waals surface area contributed by atoms with Crippen molar-refractivity contribution in [3.05, 3.63) is 35.6 Å². The van der Waals surface area contributed by atoms with Crippen LogP contribution in [-0.2, 0) is 4.74 Å². The summed E-state index contributed by atoms with van der Waals surface area (Å²) in [4.78, 5) is 2.46. The zero-order chi connectivity index (χ0) is 14.0. The van der Waals surface area contributed by atoms with Crippen LogP contribution in [-0.4, -0.2) is 44.2 Å². The van der Waals surface area contributed by atoms with Gasteiger partial charge in [-0.05, 0) is 36.1 Å². The van der Waals surface area contributed by atoms with Crippen LogP contribution < -0.4 is 5.32 Å². The summed E-state index contributed by atoms with van der Waals surface area (Å²) < 4.78 is 19.2. The summed E-state index contributed by atoms with van der Waals surface area (Å²) in [5, 5.41) is 3.45. The maximum absolute atomic E-state index is 13.3. The molecule has 2 aliphatic rings. The Bertz CT molecular complexity index is 465. The van der Waals surface area contributed by atoms with Crippen LogP contribution in [0.3, 0.4) is 0 Å². The number of nitrogens with zero attached hydrogens (tertiary/aromatic N) is 1. The van der Waals surface area contributed by atoms with Crippen LogP contribution in [0.5, 0.6) is 0 Å². The van der Waals surface area contributed by atoms with Gasteiger partial charge in [-0.15, -0.1) is 12.4 Å². The summed E-state index contributed by atoms with van der Waals surface area (Å²) in [5.41, 5.74) is 1.31. The highest BCUT2D eigenvalue weighted by atomic mass is 35.5. The lowest BCUT2D eigenvalue weighted by Crippen LogP contribution is -2.44. The van der Waals surface area contributed by atoms with E-state index in [1.165, 1.54) is 12.5 Å². The van der Waals surface area contributed by atoms with Crippen molar-refractivity contribution in [2.24, 2.45) is 5.41 Å². The monoisotopic (exact) mass is 314 g/mol. The highest BCUT2D eigenvalue weighted by Crippen LogP contribution is 2.29. The highest BCUT2D eigenvalue weighted by Gasteiger charge is 2.33. The average molecular weight is 315 g/mol. The van der Waals surface area contributed by atoms with Crippen LogP contribution in [0, 0.1) is 11.2 Å². The first-order valence-electron chi connectivity index (χ1n) is 7.45. The van der Waals surface area contributed by atoms with Gasteiger partial charge in [-0.2, -0.15) is 0 Å². The van der Waals surface area contributed by atoms with Crippen LogP contribution >= 0.6 is 12.4 Å². The molecule has 2 atom stereocenters. The molecule has 118 valence electrons. The normalized spacial score (nSPS) is 30.1. The molecule has 0 aromatic heterocycles. The molecule has 0 radical (unpaired) electrons. The van der Waals surface area contributed by atoms with E-state index in [-0.39, 0.29) is 24.3 Å². The Morgan fingerprint density at radius 1 is 1.48 bits per heavy atom. The van der Waals surface area contributed by atoms with Crippen LogP contribution in [0.4, 0.5) is 4.39 Å². The Morgan fingerprint density at radius 2 is 2.33 bits per heavy atom. The topological polar surface area (TPSA) is 24.5 Å². The van der Waals surface area contributed by atoms with Crippen molar-refractivity contribution in [3.63, 3.8) is 0 Å². The number of nitrogens with one attached hydrogen (secondary N) is 1. The molecule has 3 nitrogen and oxygen atoms in total. The Hall–Kier alpha value is -0.680. The van der Waals surface area contributed by atoms with Gasteiger partial charge in [0.2, 0.25) is 0 Å². The third-order valence-corrected chi connectivity index (χ3v) is 4.43. The highest BCUT2D eigenvalue weighted by molar-refractivity contribution is 5.85. The zero-order valence-corrected chi connectivity index (χ0v) is 13.3. The standard InChI is InChI=1S/C16H23FN2O.ClH/c1-16(5-6-18-11-16)12-19-7-8-20-15(10-19)13-3-2-4-14(17)9-13;/h2-4,9,15,18H,5-8,10-12H2,1H3;1H. The molecular weight excluding hydrogens is 291 g/mol. The van der Waals surface area contributed by atoms with E-state index >= 15 is 0 Å². The van der Waals surface area contributed by atoms with Gasteiger partial charge in [-0.3, -0.25) is 4.90 Å². The molecule has 1 N–H and O–H groups in total. The molecule has 5 heteroatoms. The number of ether oxygens (including phenoxy) is 1. The summed E-state index contributed by atoms with van der Waals surface area (Å²) in [6.07, 6.45) is 1.23. The number of hydrogen-bond donors (Lipinski definition) is 1. The minimum Gasteiger partial charge on any atom is -0.371 e. The predicted octanol–water partition coefficient (Wildman–Crippen LogP) is 2.62. The van der Waals surface area contributed by atoms with Gasteiger partial charge in [0.05, 0.1) is 12.7 Å². The number of rotatable bonds is 3. The Morgan fingerprint density at radius 3 is 3.05 bits per heavy atom. The number of hydrogen-bond acceptors (Lipinski definition) is 3. The van der Waals surface area contributed by atoms with E-state index in [2.05, 4.69) is 17.1 Å². The zero-order valence-electron chi connectivity index (χ0n) is 12.5. The molecule has 2 aliphatic heterocycles. The Kier molecular flexibility index (Phi) is 5.60. The van der Waals surface area contributed by atoms with Crippen molar-refractivity contribution in [1.82, 2.24) is 10.2 Å². The van der Waals surface area contributed by atoms with E-state index in [1.54, 1.807) is 12.1 Å². The predicted molar refractivity (Wildman–Crippen MR) is 84.4 cm³/mol. The van der Waals surface area contributed by atoms with Crippen LogP contribution in [0.1, 0.15) is 25.0 Å². The lowest BCUT2D eigenvalue weighted by molar-refractivity contribution is -0.0401. The molecule has 0 aliphatic carbocycles. The van der Waals surface area contributed by atoms with E-state index in [0.29, 0.717) is 5.41 Å². The first-order chi connectivity index (χ1) is 9.65. The van der Waals surface area contributed by atoms with Gasteiger partial charge < -0.3 is 10.1 Å². The van der Waals surface area contributed by atoms with E-state index < -0.39 is 0 Å². The van der Waals surface area contributed by atoms with Crippen LogP contribution in [0.15, 0.2) is 24.3 Å². The molecule has 0 saturated carbocycles. The molecule has 0 bridgehead atoms. The first kappa shape index (κ1) is 16.7. The largest absolute Gasteiger partial charge is 0.371 e. The molecule has 1 aromatic rings.